The Hall–Kier alpha value is -5.26. The van der Waals surface area contributed by atoms with E-state index in [0.29, 0.717) is 48.4 Å². The smallest absolute Gasteiger partial charge is 0.409 e. The number of aliphatic imine (C=N–C) groups is 1. The highest BCUT2D eigenvalue weighted by molar-refractivity contribution is 6.09. The number of primary amides is 1. The van der Waals surface area contributed by atoms with Gasteiger partial charge in [-0.25, -0.2) is 14.2 Å². The summed E-state index contributed by atoms with van der Waals surface area (Å²) < 4.78 is 18.6. The molecule has 2 aliphatic rings. The normalized spacial score (nSPS) is 18.6. The molecule has 0 aromatic heterocycles. The van der Waals surface area contributed by atoms with Crippen LogP contribution in [0.1, 0.15) is 37.4 Å². The maximum Gasteiger partial charge on any atom is 0.409 e. The zero-order valence-electron chi connectivity index (χ0n) is 22.8. The number of nitrogens with zero attached hydrogens (tertiary/aromatic N) is 4. The standard InChI is InChI=1S/C30H29FN6O5/c1-42-29(41)36-14-12-35(13-15-36)26(39)21-6-2-4-19(16-21)18-37-27(40)30(34-28(37)33,22-8-10-24(31)11-9-22)23-7-3-5-20(17-23)25(32)38/h2-11,16-17H,12-15,18H2,1H3,(H2,32,38)(H2,33,34)/t30-/m1/s1. The van der Waals surface area contributed by atoms with Crippen LogP contribution in [0.15, 0.2) is 77.8 Å². The van der Waals surface area contributed by atoms with Gasteiger partial charge in [-0.1, -0.05) is 36.4 Å². The van der Waals surface area contributed by atoms with Gasteiger partial charge in [0.25, 0.3) is 11.8 Å². The first-order chi connectivity index (χ1) is 20.1. The molecule has 0 saturated carbocycles. The molecule has 11 nitrogen and oxygen atoms in total. The fourth-order valence-electron chi connectivity index (χ4n) is 5.25. The quantitative estimate of drug-likeness (QED) is 0.461. The summed E-state index contributed by atoms with van der Waals surface area (Å²) >= 11 is 0. The molecule has 5 rings (SSSR count). The number of rotatable bonds is 6. The zero-order valence-corrected chi connectivity index (χ0v) is 22.8. The van der Waals surface area contributed by atoms with Gasteiger partial charge in [0.15, 0.2) is 11.5 Å². The SMILES string of the molecule is COC(=O)N1CCN(C(=O)c2cccc(CN3C(=O)[C@@](c4ccc(F)cc4)(c4cccc(C(N)=O)c4)N=C3N)c2)CC1. The topological polar surface area (TPSA) is 152 Å². The second kappa shape index (κ2) is 11.3. The van der Waals surface area contributed by atoms with Gasteiger partial charge in [-0.3, -0.25) is 19.3 Å². The molecule has 1 atom stereocenters. The highest BCUT2D eigenvalue weighted by atomic mass is 19.1. The van der Waals surface area contributed by atoms with Crippen LogP contribution in [0.3, 0.4) is 0 Å². The Morgan fingerprint density at radius 1 is 0.905 bits per heavy atom. The Kier molecular flexibility index (Phi) is 7.62. The van der Waals surface area contributed by atoms with Crippen LogP contribution in [0.5, 0.6) is 0 Å². The molecular weight excluding hydrogens is 543 g/mol. The van der Waals surface area contributed by atoms with Crippen molar-refractivity contribution in [1.82, 2.24) is 14.7 Å². The molecule has 0 radical (unpaired) electrons. The predicted molar refractivity (Wildman–Crippen MR) is 151 cm³/mol. The molecule has 3 aromatic carbocycles. The Bertz CT molecular complexity index is 1590. The lowest BCUT2D eigenvalue weighted by Gasteiger charge is -2.34. The first kappa shape index (κ1) is 28.3. The third-order valence-corrected chi connectivity index (χ3v) is 7.45. The van der Waals surface area contributed by atoms with Crippen molar-refractivity contribution >= 4 is 29.8 Å². The van der Waals surface area contributed by atoms with Crippen molar-refractivity contribution in [2.75, 3.05) is 33.3 Å². The van der Waals surface area contributed by atoms with Gasteiger partial charge in [0, 0.05) is 37.3 Å². The minimum Gasteiger partial charge on any atom is -0.453 e. The minimum absolute atomic E-state index is 0.00383. The number of methoxy groups -OCH3 is 1. The monoisotopic (exact) mass is 572 g/mol. The van der Waals surface area contributed by atoms with Crippen molar-refractivity contribution in [3.63, 3.8) is 0 Å². The van der Waals surface area contributed by atoms with Crippen LogP contribution in [0.4, 0.5) is 9.18 Å². The summed E-state index contributed by atoms with van der Waals surface area (Å²) in [6.07, 6.45) is -0.434. The van der Waals surface area contributed by atoms with Gasteiger partial charge in [0.2, 0.25) is 5.91 Å². The summed E-state index contributed by atoms with van der Waals surface area (Å²) in [5, 5.41) is 0. The number of carbonyl (C=O) groups excluding carboxylic acids is 4. The zero-order chi connectivity index (χ0) is 30.0. The summed E-state index contributed by atoms with van der Waals surface area (Å²) in [5.74, 6) is -1.97. The molecule has 2 aliphatic heterocycles. The van der Waals surface area contributed by atoms with E-state index in [1.807, 2.05) is 0 Å². The molecule has 1 saturated heterocycles. The summed E-state index contributed by atoms with van der Waals surface area (Å²) in [5.41, 5.74) is 12.1. The molecule has 3 aromatic rings. The van der Waals surface area contributed by atoms with E-state index >= 15 is 0 Å². The molecule has 42 heavy (non-hydrogen) atoms. The van der Waals surface area contributed by atoms with E-state index in [1.54, 1.807) is 41.3 Å². The van der Waals surface area contributed by atoms with Gasteiger partial charge in [-0.15, -0.1) is 0 Å². The number of amides is 4. The highest BCUT2D eigenvalue weighted by Gasteiger charge is 2.50. The second-order valence-electron chi connectivity index (χ2n) is 9.97. The number of hydrogen-bond donors (Lipinski definition) is 2. The Morgan fingerprint density at radius 2 is 1.55 bits per heavy atom. The number of hydrogen-bond acceptors (Lipinski definition) is 7. The summed E-state index contributed by atoms with van der Waals surface area (Å²) in [6.45, 7) is 1.43. The maximum absolute atomic E-state index is 14.2. The van der Waals surface area contributed by atoms with E-state index < -0.39 is 29.3 Å². The Balaban J connectivity index is 1.42. The number of guanidine groups is 1. The highest BCUT2D eigenvalue weighted by Crippen LogP contribution is 2.40. The summed E-state index contributed by atoms with van der Waals surface area (Å²) in [4.78, 5) is 60.2. The fourth-order valence-corrected chi connectivity index (χ4v) is 5.25. The van der Waals surface area contributed by atoms with Crippen LogP contribution in [0.2, 0.25) is 0 Å². The average molecular weight is 573 g/mol. The van der Waals surface area contributed by atoms with Crippen LogP contribution in [0, 0.1) is 5.82 Å². The van der Waals surface area contributed by atoms with E-state index in [-0.39, 0.29) is 24.0 Å². The van der Waals surface area contributed by atoms with Gasteiger partial charge >= 0.3 is 6.09 Å². The Morgan fingerprint density at radius 3 is 2.21 bits per heavy atom. The minimum atomic E-state index is -1.68. The lowest BCUT2D eigenvalue weighted by Crippen LogP contribution is -2.50. The lowest BCUT2D eigenvalue weighted by molar-refractivity contribution is -0.130. The third-order valence-electron chi connectivity index (χ3n) is 7.45. The van der Waals surface area contributed by atoms with Crippen molar-refractivity contribution in [1.29, 1.82) is 0 Å². The third kappa shape index (κ3) is 5.14. The first-order valence-corrected chi connectivity index (χ1v) is 13.2. The molecule has 0 bridgehead atoms. The van der Waals surface area contributed by atoms with Crippen LogP contribution >= 0.6 is 0 Å². The first-order valence-electron chi connectivity index (χ1n) is 13.2. The molecular formula is C30H29FN6O5. The van der Waals surface area contributed by atoms with Gasteiger partial charge in [-0.2, -0.15) is 0 Å². The molecule has 0 aliphatic carbocycles. The van der Waals surface area contributed by atoms with Crippen molar-refractivity contribution in [2.45, 2.75) is 12.1 Å². The van der Waals surface area contributed by atoms with Crippen molar-refractivity contribution in [2.24, 2.45) is 16.5 Å². The molecule has 4 amide bonds. The van der Waals surface area contributed by atoms with Crippen LogP contribution < -0.4 is 11.5 Å². The number of halogens is 1. The molecule has 1 fully saturated rings. The van der Waals surface area contributed by atoms with Gasteiger partial charge < -0.3 is 26.0 Å². The molecule has 12 heteroatoms. The summed E-state index contributed by atoms with van der Waals surface area (Å²) in [6, 6.07) is 18.4. The van der Waals surface area contributed by atoms with Crippen LogP contribution in [-0.2, 0) is 21.6 Å². The van der Waals surface area contributed by atoms with Gasteiger partial charge in [0.1, 0.15) is 5.82 Å². The van der Waals surface area contributed by atoms with E-state index in [1.165, 1.54) is 53.3 Å². The molecule has 0 unspecified atom stereocenters. The Labute approximate surface area is 241 Å². The number of carbonyl (C=O) groups is 4. The van der Waals surface area contributed by atoms with E-state index in [9.17, 15) is 23.6 Å². The molecule has 4 N–H and O–H groups in total. The maximum atomic E-state index is 14.2. The molecule has 0 spiro atoms. The summed E-state index contributed by atoms with van der Waals surface area (Å²) in [7, 11) is 1.32. The predicted octanol–water partition coefficient (Wildman–Crippen LogP) is 2.05. The van der Waals surface area contributed by atoms with Crippen LogP contribution in [-0.4, -0.2) is 77.8 Å². The largest absolute Gasteiger partial charge is 0.453 e. The van der Waals surface area contributed by atoms with E-state index in [0.717, 1.165) is 0 Å². The number of piperazine rings is 1. The van der Waals surface area contributed by atoms with E-state index in [2.05, 4.69) is 4.99 Å². The molecule has 216 valence electrons. The van der Waals surface area contributed by atoms with E-state index in [4.69, 9.17) is 16.2 Å². The van der Waals surface area contributed by atoms with Crippen molar-refractivity contribution < 1.29 is 28.3 Å². The van der Waals surface area contributed by atoms with Crippen molar-refractivity contribution in [3.05, 3.63) is 106 Å². The van der Waals surface area contributed by atoms with Gasteiger partial charge in [0.05, 0.1) is 13.7 Å². The number of benzene rings is 3. The fraction of sp³-hybridized carbons (Fsp3) is 0.233. The lowest BCUT2D eigenvalue weighted by atomic mass is 9.82. The second-order valence-corrected chi connectivity index (χ2v) is 9.97. The van der Waals surface area contributed by atoms with Gasteiger partial charge in [-0.05, 0) is 53.1 Å². The van der Waals surface area contributed by atoms with Crippen molar-refractivity contribution in [3.8, 4) is 0 Å². The molecule has 2 heterocycles. The average Bonchev–Trinajstić information content (AvgIpc) is 3.26. The van der Waals surface area contributed by atoms with Crippen LogP contribution in [0.25, 0.3) is 0 Å². The number of nitrogens with two attached hydrogens (primary N) is 2. The number of ether oxygens (including phenoxy) is 1.